The van der Waals surface area contributed by atoms with Gasteiger partial charge < -0.3 is 4.74 Å². The molecule has 3 heteroatoms. The van der Waals surface area contributed by atoms with Gasteiger partial charge in [0.05, 0.1) is 5.41 Å². The summed E-state index contributed by atoms with van der Waals surface area (Å²) in [5, 5.41) is 0. The molecule has 0 aromatic rings. The van der Waals surface area contributed by atoms with Gasteiger partial charge in [0.1, 0.15) is 0 Å². The van der Waals surface area contributed by atoms with Gasteiger partial charge in [-0.05, 0) is 19.1 Å². The third kappa shape index (κ3) is 1.04. The van der Waals surface area contributed by atoms with E-state index in [1.807, 2.05) is 6.26 Å². The molecule has 1 fully saturated rings. The van der Waals surface area contributed by atoms with E-state index in [1.165, 1.54) is 0 Å². The summed E-state index contributed by atoms with van der Waals surface area (Å²) in [6, 6.07) is 0. The summed E-state index contributed by atoms with van der Waals surface area (Å²) < 4.78 is 5.23. The van der Waals surface area contributed by atoms with E-state index < -0.39 is 0 Å². The molecule has 0 aromatic carbocycles. The molecule has 2 aliphatic rings. The monoisotopic (exact) mass is 184 g/mol. The van der Waals surface area contributed by atoms with Gasteiger partial charge in [0.25, 0.3) is 0 Å². The number of carbonyl (C=O) groups is 1. The molecule has 0 saturated carbocycles. The molecule has 1 aliphatic heterocycles. The minimum Gasteiger partial charge on any atom is -0.381 e. The van der Waals surface area contributed by atoms with E-state index in [9.17, 15) is 4.79 Å². The quantitative estimate of drug-likeness (QED) is 0.619. The van der Waals surface area contributed by atoms with Crippen LogP contribution in [-0.2, 0) is 9.53 Å². The third-order valence-corrected chi connectivity index (χ3v) is 3.43. The van der Waals surface area contributed by atoms with Crippen LogP contribution in [0.3, 0.4) is 0 Å². The molecule has 0 atom stereocenters. The van der Waals surface area contributed by atoms with Crippen LogP contribution >= 0.6 is 11.8 Å². The summed E-state index contributed by atoms with van der Waals surface area (Å²) in [5.41, 5.74) is -0.114. The zero-order chi connectivity index (χ0) is 8.60. The molecular formula is C9H12O2S. The first-order valence-electron chi connectivity index (χ1n) is 4.18. The van der Waals surface area contributed by atoms with Crippen LogP contribution in [0.2, 0.25) is 0 Å². The van der Waals surface area contributed by atoms with Crippen LogP contribution in [0.4, 0.5) is 0 Å². The Hall–Kier alpha value is -0.280. The average Bonchev–Trinajstić information content (AvgIpc) is 2.15. The molecule has 66 valence electrons. The van der Waals surface area contributed by atoms with Crippen molar-refractivity contribution in [3.8, 4) is 0 Å². The van der Waals surface area contributed by atoms with Gasteiger partial charge in [0, 0.05) is 18.1 Å². The lowest BCUT2D eigenvalue weighted by molar-refractivity contribution is -0.128. The molecule has 0 bridgehead atoms. The van der Waals surface area contributed by atoms with Crippen LogP contribution in [0.15, 0.2) is 11.0 Å². The number of hydrogen-bond acceptors (Lipinski definition) is 3. The van der Waals surface area contributed by atoms with Gasteiger partial charge >= 0.3 is 0 Å². The second-order valence-corrected chi connectivity index (χ2v) is 4.16. The maximum atomic E-state index is 11.6. The molecule has 0 aromatic heterocycles. The van der Waals surface area contributed by atoms with Gasteiger partial charge in [0.15, 0.2) is 5.78 Å². The number of ether oxygens (including phenoxy) is 1. The van der Waals surface area contributed by atoms with E-state index in [2.05, 4.69) is 6.08 Å². The third-order valence-electron chi connectivity index (χ3n) is 2.69. The van der Waals surface area contributed by atoms with Crippen LogP contribution in [0, 0.1) is 5.41 Å². The molecule has 0 radical (unpaired) electrons. The SMILES string of the molecule is CSC1=CC2(CCOCC2)C1=O. The van der Waals surface area contributed by atoms with Crippen molar-refractivity contribution in [1.82, 2.24) is 0 Å². The van der Waals surface area contributed by atoms with E-state index in [4.69, 9.17) is 4.74 Å². The lowest BCUT2D eigenvalue weighted by atomic mass is 9.69. The molecule has 1 aliphatic carbocycles. The molecule has 1 saturated heterocycles. The highest BCUT2D eigenvalue weighted by Gasteiger charge is 2.46. The minimum absolute atomic E-state index is 0.114. The maximum absolute atomic E-state index is 11.6. The summed E-state index contributed by atoms with van der Waals surface area (Å²) in [4.78, 5) is 12.6. The molecule has 2 nitrogen and oxygen atoms in total. The highest BCUT2D eigenvalue weighted by Crippen LogP contribution is 2.46. The Bertz CT molecular complexity index is 239. The minimum atomic E-state index is -0.114. The van der Waals surface area contributed by atoms with Crippen molar-refractivity contribution >= 4 is 17.5 Å². The smallest absolute Gasteiger partial charge is 0.178 e. The summed E-state index contributed by atoms with van der Waals surface area (Å²) in [7, 11) is 0. The largest absolute Gasteiger partial charge is 0.381 e. The summed E-state index contributed by atoms with van der Waals surface area (Å²) in [6.45, 7) is 1.48. The zero-order valence-electron chi connectivity index (χ0n) is 7.13. The molecular weight excluding hydrogens is 172 g/mol. The number of thioether (sulfide) groups is 1. The summed E-state index contributed by atoms with van der Waals surface area (Å²) >= 11 is 1.56. The Morgan fingerprint density at radius 1 is 1.50 bits per heavy atom. The molecule has 1 spiro atoms. The van der Waals surface area contributed by atoms with E-state index in [0.29, 0.717) is 5.78 Å². The van der Waals surface area contributed by atoms with Crippen molar-refractivity contribution in [3.63, 3.8) is 0 Å². The van der Waals surface area contributed by atoms with E-state index in [1.54, 1.807) is 11.8 Å². The second kappa shape index (κ2) is 2.89. The van der Waals surface area contributed by atoms with Crippen molar-refractivity contribution in [1.29, 1.82) is 0 Å². The fraction of sp³-hybridized carbons (Fsp3) is 0.667. The maximum Gasteiger partial charge on any atom is 0.178 e. The van der Waals surface area contributed by atoms with Crippen molar-refractivity contribution in [2.24, 2.45) is 5.41 Å². The average molecular weight is 184 g/mol. The van der Waals surface area contributed by atoms with Gasteiger partial charge in [-0.25, -0.2) is 0 Å². The number of carbonyl (C=O) groups excluding carboxylic acids is 1. The number of rotatable bonds is 1. The van der Waals surface area contributed by atoms with Crippen LogP contribution in [0.25, 0.3) is 0 Å². The first kappa shape index (κ1) is 8.32. The van der Waals surface area contributed by atoms with Gasteiger partial charge in [-0.1, -0.05) is 6.08 Å². The number of ketones is 1. The van der Waals surface area contributed by atoms with Crippen LogP contribution in [0.1, 0.15) is 12.8 Å². The van der Waals surface area contributed by atoms with E-state index >= 15 is 0 Å². The lowest BCUT2D eigenvalue weighted by Crippen LogP contribution is -2.42. The van der Waals surface area contributed by atoms with Gasteiger partial charge in [-0.15, -0.1) is 11.8 Å². The van der Waals surface area contributed by atoms with Crippen LogP contribution in [0.5, 0.6) is 0 Å². The van der Waals surface area contributed by atoms with Gasteiger partial charge in [0.2, 0.25) is 0 Å². The summed E-state index contributed by atoms with van der Waals surface area (Å²) in [6.07, 6.45) is 5.85. The lowest BCUT2D eigenvalue weighted by Gasteiger charge is -2.40. The Kier molecular flexibility index (Phi) is 2.00. The first-order valence-corrected chi connectivity index (χ1v) is 5.40. The highest BCUT2D eigenvalue weighted by atomic mass is 32.2. The Balaban J connectivity index is 2.15. The number of Topliss-reactive ketones (excluding diaryl/α,β-unsaturated/α-hetero) is 1. The standard InChI is InChI=1S/C9H12O2S/c1-12-7-6-9(8(7)10)2-4-11-5-3-9/h6H,2-5H2,1H3. The van der Waals surface area contributed by atoms with E-state index in [0.717, 1.165) is 31.0 Å². The second-order valence-electron chi connectivity index (χ2n) is 3.31. The molecule has 12 heavy (non-hydrogen) atoms. The topological polar surface area (TPSA) is 26.3 Å². The zero-order valence-corrected chi connectivity index (χ0v) is 7.95. The van der Waals surface area contributed by atoms with Crippen LogP contribution in [-0.4, -0.2) is 25.3 Å². The first-order chi connectivity index (χ1) is 5.78. The fourth-order valence-corrected chi connectivity index (χ4v) is 2.54. The molecule has 0 N–H and O–H groups in total. The fourth-order valence-electron chi connectivity index (χ4n) is 1.81. The molecule has 0 unspecified atom stereocenters. The summed E-state index contributed by atoms with van der Waals surface area (Å²) in [5.74, 6) is 0.346. The van der Waals surface area contributed by atoms with Gasteiger partial charge in [-0.2, -0.15) is 0 Å². The van der Waals surface area contributed by atoms with Gasteiger partial charge in [-0.3, -0.25) is 4.79 Å². The van der Waals surface area contributed by atoms with Crippen molar-refractivity contribution in [2.75, 3.05) is 19.5 Å². The van der Waals surface area contributed by atoms with Crippen molar-refractivity contribution in [2.45, 2.75) is 12.8 Å². The predicted octanol–water partition coefficient (Wildman–Crippen LogP) is 1.61. The molecule has 2 rings (SSSR count). The Morgan fingerprint density at radius 3 is 2.67 bits per heavy atom. The van der Waals surface area contributed by atoms with Crippen LogP contribution < -0.4 is 0 Å². The highest BCUT2D eigenvalue weighted by molar-refractivity contribution is 8.03. The predicted molar refractivity (Wildman–Crippen MR) is 49.1 cm³/mol. The van der Waals surface area contributed by atoms with E-state index in [-0.39, 0.29) is 5.41 Å². The number of allylic oxidation sites excluding steroid dienone is 2. The Morgan fingerprint density at radius 2 is 2.17 bits per heavy atom. The molecule has 1 heterocycles. The Labute approximate surface area is 76.4 Å². The van der Waals surface area contributed by atoms with Crippen molar-refractivity contribution in [3.05, 3.63) is 11.0 Å². The normalized spacial score (nSPS) is 26.8. The molecule has 0 amide bonds. The number of hydrogen-bond donors (Lipinski definition) is 0. The van der Waals surface area contributed by atoms with Crippen molar-refractivity contribution < 1.29 is 9.53 Å².